The van der Waals surface area contributed by atoms with E-state index in [2.05, 4.69) is 0 Å². The number of phenols is 1. The highest BCUT2D eigenvalue weighted by Gasteiger charge is 2.24. The van der Waals surface area contributed by atoms with Crippen molar-refractivity contribution in [3.63, 3.8) is 0 Å². The molecule has 0 saturated heterocycles. The summed E-state index contributed by atoms with van der Waals surface area (Å²) in [6.07, 6.45) is 0. The molecule has 0 radical (unpaired) electrons. The number of nitrogens with zero attached hydrogens (tertiary/aromatic N) is 3. The minimum atomic E-state index is -0.322. The molecule has 1 amide bonds. The maximum atomic E-state index is 12.8. The Kier molecular flexibility index (Phi) is 7.72. The fourth-order valence-electron chi connectivity index (χ4n) is 4.70. The predicted octanol–water partition coefficient (Wildman–Crippen LogP) is 7.30. The van der Waals surface area contributed by atoms with Crippen molar-refractivity contribution in [2.45, 2.75) is 33.7 Å². The number of benzene rings is 3. The van der Waals surface area contributed by atoms with Crippen molar-refractivity contribution in [1.29, 1.82) is 0 Å². The smallest absolute Gasteiger partial charge is 0.253 e. The summed E-state index contributed by atoms with van der Waals surface area (Å²) in [6.45, 7) is 9.23. The van der Waals surface area contributed by atoms with E-state index in [1.807, 2.05) is 80.9 Å². The molecule has 4 aromatic rings. The van der Waals surface area contributed by atoms with E-state index in [0.29, 0.717) is 28.7 Å². The van der Waals surface area contributed by atoms with Crippen LogP contribution in [-0.2, 0) is 0 Å². The SMILES string of the molecule is CCN(CC)C(=O)c1ccc(C(c2cccc(O)c2)n2nc(C)c(-c3cc(Cl)cc(Cl)c3)c2C)cc1. The average Bonchev–Trinajstić information content (AvgIpc) is 3.13. The lowest BCUT2D eigenvalue weighted by molar-refractivity contribution is 0.0773. The molecule has 1 unspecified atom stereocenters. The topological polar surface area (TPSA) is 58.4 Å². The third kappa shape index (κ3) is 5.13. The Hall–Kier alpha value is -3.28. The van der Waals surface area contributed by atoms with Gasteiger partial charge in [0.05, 0.1) is 5.69 Å². The first-order valence-electron chi connectivity index (χ1n) is 11.9. The fraction of sp³-hybridized carbons (Fsp3) is 0.241. The van der Waals surface area contributed by atoms with Crippen LogP contribution in [0.5, 0.6) is 5.75 Å². The number of aromatic nitrogens is 2. The molecule has 0 fully saturated rings. The van der Waals surface area contributed by atoms with Gasteiger partial charge >= 0.3 is 0 Å². The van der Waals surface area contributed by atoms with Gasteiger partial charge < -0.3 is 10.0 Å². The average molecular weight is 522 g/mol. The zero-order chi connectivity index (χ0) is 26.0. The summed E-state index contributed by atoms with van der Waals surface area (Å²) in [4.78, 5) is 14.6. The molecule has 0 aliphatic rings. The summed E-state index contributed by atoms with van der Waals surface area (Å²) in [5.74, 6) is 0.181. The number of hydrogen-bond acceptors (Lipinski definition) is 3. The number of carbonyl (C=O) groups excluding carboxylic acids is 1. The van der Waals surface area contributed by atoms with Crippen LogP contribution in [0.15, 0.2) is 66.7 Å². The van der Waals surface area contributed by atoms with Gasteiger partial charge in [0.25, 0.3) is 5.91 Å². The molecule has 0 aliphatic carbocycles. The Morgan fingerprint density at radius 2 is 1.58 bits per heavy atom. The van der Waals surface area contributed by atoms with Crippen molar-refractivity contribution in [3.8, 4) is 16.9 Å². The fourth-order valence-corrected chi connectivity index (χ4v) is 5.23. The molecule has 0 bridgehead atoms. The second-order valence-electron chi connectivity index (χ2n) is 8.75. The van der Waals surface area contributed by atoms with Crippen LogP contribution in [0.2, 0.25) is 10.0 Å². The highest BCUT2D eigenvalue weighted by atomic mass is 35.5. The largest absolute Gasteiger partial charge is 0.508 e. The molecule has 186 valence electrons. The Bertz CT molecular complexity index is 1370. The maximum absolute atomic E-state index is 12.8. The van der Waals surface area contributed by atoms with E-state index >= 15 is 0 Å². The number of aryl methyl sites for hydroxylation is 1. The number of hydrogen-bond donors (Lipinski definition) is 1. The first kappa shape index (κ1) is 25.8. The van der Waals surface area contributed by atoms with Crippen LogP contribution >= 0.6 is 23.2 Å². The van der Waals surface area contributed by atoms with Crippen molar-refractivity contribution < 1.29 is 9.90 Å². The number of carbonyl (C=O) groups is 1. The van der Waals surface area contributed by atoms with E-state index in [1.165, 1.54) is 0 Å². The number of phenolic OH excluding ortho intramolecular Hbond substituents is 1. The first-order valence-corrected chi connectivity index (χ1v) is 12.7. The van der Waals surface area contributed by atoms with E-state index in [0.717, 1.165) is 33.6 Å². The molecular weight excluding hydrogens is 493 g/mol. The molecular formula is C29H29Cl2N3O2. The van der Waals surface area contributed by atoms with Gasteiger partial charge in [-0.2, -0.15) is 5.10 Å². The maximum Gasteiger partial charge on any atom is 0.253 e. The molecule has 1 aromatic heterocycles. The van der Waals surface area contributed by atoms with Crippen LogP contribution in [-0.4, -0.2) is 38.8 Å². The second-order valence-corrected chi connectivity index (χ2v) is 9.62. The van der Waals surface area contributed by atoms with Crippen LogP contribution in [0.4, 0.5) is 0 Å². The number of aromatic hydroxyl groups is 1. The van der Waals surface area contributed by atoms with Gasteiger partial charge in [-0.3, -0.25) is 9.48 Å². The van der Waals surface area contributed by atoms with E-state index in [-0.39, 0.29) is 17.7 Å². The Morgan fingerprint density at radius 1 is 0.944 bits per heavy atom. The molecule has 0 aliphatic heterocycles. The van der Waals surface area contributed by atoms with Crippen LogP contribution in [0, 0.1) is 13.8 Å². The van der Waals surface area contributed by atoms with Crippen molar-refractivity contribution in [3.05, 3.63) is 105 Å². The Balaban J connectivity index is 1.84. The lowest BCUT2D eigenvalue weighted by atomic mass is 9.96. The Morgan fingerprint density at radius 3 is 2.17 bits per heavy atom. The third-order valence-electron chi connectivity index (χ3n) is 6.43. The van der Waals surface area contributed by atoms with Gasteiger partial charge in [0.2, 0.25) is 0 Å². The zero-order valence-corrected chi connectivity index (χ0v) is 22.3. The van der Waals surface area contributed by atoms with Gasteiger partial charge in [0.15, 0.2) is 0 Å². The van der Waals surface area contributed by atoms with Gasteiger partial charge in [0.1, 0.15) is 11.8 Å². The summed E-state index contributed by atoms with van der Waals surface area (Å²) in [5, 5.41) is 16.3. The minimum Gasteiger partial charge on any atom is -0.508 e. The normalized spacial score (nSPS) is 11.9. The highest BCUT2D eigenvalue weighted by Crippen LogP contribution is 2.36. The highest BCUT2D eigenvalue weighted by molar-refractivity contribution is 6.35. The van der Waals surface area contributed by atoms with Crippen molar-refractivity contribution in [2.75, 3.05) is 13.1 Å². The molecule has 36 heavy (non-hydrogen) atoms. The summed E-state index contributed by atoms with van der Waals surface area (Å²) in [7, 11) is 0. The van der Waals surface area contributed by atoms with Gasteiger partial charge in [-0.05, 0) is 86.8 Å². The molecule has 5 nitrogen and oxygen atoms in total. The molecule has 1 heterocycles. The summed E-state index contributed by atoms with van der Waals surface area (Å²) in [5.41, 5.74) is 6.07. The van der Waals surface area contributed by atoms with E-state index in [4.69, 9.17) is 28.3 Å². The lowest BCUT2D eigenvalue weighted by Gasteiger charge is -2.22. The summed E-state index contributed by atoms with van der Waals surface area (Å²) in [6, 6.07) is 19.9. The quantitative estimate of drug-likeness (QED) is 0.277. The monoisotopic (exact) mass is 521 g/mol. The van der Waals surface area contributed by atoms with E-state index in [9.17, 15) is 9.90 Å². The third-order valence-corrected chi connectivity index (χ3v) is 6.87. The van der Waals surface area contributed by atoms with Crippen LogP contribution in [0.3, 0.4) is 0 Å². The lowest BCUT2D eigenvalue weighted by Crippen LogP contribution is -2.30. The molecule has 3 aromatic carbocycles. The minimum absolute atomic E-state index is 0.00620. The van der Waals surface area contributed by atoms with Gasteiger partial charge in [0, 0.05) is 40.0 Å². The number of halogens is 2. The standard InChI is InChI=1S/C29H29Cl2N3O2/c1-5-33(6-2)29(36)21-12-10-20(11-13-21)28(22-8-7-9-26(35)16-22)34-19(4)27(18(3)32-34)23-14-24(30)17-25(31)15-23/h7-17,28,35H,5-6H2,1-4H3. The zero-order valence-electron chi connectivity index (χ0n) is 20.8. The van der Waals surface area contributed by atoms with E-state index < -0.39 is 0 Å². The molecule has 0 saturated carbocycles. The van der Waals surface area contributed by atoms with Crippen molar-refractivity contribution in [1.82, 2.24) is 14.7 Å². The molecule has 1 atom stereocenters. The molecule has 4 rings (SSSR count). The summed E-state index contributed by atoms with van der Waals surface area (Å²) >= 11 is 12.6. The molecule has 0 spiro atoms. The van der Waals surface area contributed by atoms with Gasteiger partial charge in [-0.15, -0.1) is 0 Å². The van der Waals surface area contributed by atoms with Crippen LogP contribution in [0.1, 0.15) is 52.8 Å². The number of rotatable bonds is 7. The molecule has 7 heteroatoms. The van der Waals surface area contributed by atoms with Crippen molar-refractivity contribution in [2.24, 2.45) is 0 Å². The van der Waals surface area contributed by atoms with Crippen LogP contribution < -0.4 is 0 Å². The summed E-state index contributed by atoms with van der Waals surface area (Å²) < 4.78 is 1.95. The number of amides is 1. The second kappa shape index (κ2) is 10.8. The van der Waals surface area contributed by atoms with Crippen LogP contribution in [0.25, 0.3) is 11.1 Å². The predicted molar refractivity (Wildman–Crippen MR) is 146 cm³/mol. The van der Waals surface area contributed by atoms with E-state index in [1.54, 1.807) is 23.1 Å². The van der Waals surface area contributed by atoms with Crippen molar-refractivity contribution >= 4 is 29.1 Å². The van der Waals surface area contributed by atoms with Gasteiger partial charge in [-0.25, -0.2) is 0 Å². The first-order chi connectivity index (χ1) is 17.2. The molecule has 1 N–H and O–H groups in total. The van der Waals surface area contributed by atoms with Gasteiger partial charge in [-0.1, -0.05) is 47.5 Å². The Labute approximate surface area is 221 Å².